The number of aromatic hydroxyl groups is 1. The minimum Gasteiger partial charge on any atom is -0.507 e. The summed E-state index contributed by atoms with van der Waals surface area (Å²) in [7, 11) is 0. The first-order valence-electron chi connectivity index (χ1n) is 8.70. The number of hydrogen-bond donors (Lipinski definition) is 2. The number of aromatic amines is 1. The van der Waals surface area contributed by atoms with Crippen molar-refractivity contribution in [2.24, 2.45) is 5.41 Å². The maximum Gasteiger partial charge on any atom is 0.387 e. The Balaban J connectivity index is 2.04. The number of fused-ring (bicyclic) bond motifs is 5. The number of alkyl halides is 2. The number of ether oxygens (including phenoxy) is 1. The second-order valence-corrected chi connectivity index (χ2v) is 7.93. The topological polar surface area (TPSA) is 67.2 Å². The summed E-state index contributed by atoms with van der Waals surface area (Å²) >= 11 is 0. The maximum absolute atomic E-state index is 12.8. The molecular weight excluding hydrogens is 354 g/mol. The minimum atomic E-state index is -2.93. The largest absolute Gasteiger partial charge is 0.507 e. The Kier molecular flexibility index (Phi) is 3.80. The summed E-state index contributed by atoms with van der Waals surface area (Å²) in [6, 6.07) is 7.90. The monoisotopic (exact) mass is 374 g/mol. The SMILES string of the molecule is CC(C)(C)C1Cn2c(cc3c(OC(F)F)cccc32)-c2[nH]c(=O)cc(O)c21. The summed E-state index contributed by atoms with van der Waals surface area (Å²) in [6.07, 6.45) is 0. The number of benzene rings is 1. The average Bonchev–Trinajstić information content (AvgIpc) is 2.93. The number of nitrogens with zero attached hydrogens (tertiary/aromatic N) is 1. The zero-order valence-corrected chi connectivity index (χ0v) is 15.2. The molecule has 27 heavy (non-hydrogen) atoms. The van der Waals surface area contributed by atoms with E-state index in [1.807, 2.05) is 10.6 Å². The van der Waals surface area contributed by atoms with Gasteiger partial charge in [0.1, 0.15) is 11.5 Å². The van der Waals surface area contributed by atoms with Gasteiger partial charge in [-0.25, -0.2) is 0 Å². The summed E-state index contributed by atoms with van der Waals surface area (Å²) in [5.41, 5.74) is 1.99. The van der Waals surface area contributed by atoms with Crippen molar-refractivity contribution >= 4 is 10.9 Å². The molecule has 0 saturated heterocycles. The number of halogens is 2. The van der Waals surface area contributed by atoms with Crippen LogP contribution in [0.1, 0.15) is 32.3 Å². The Morgan fingerprint density at radius 2 is 2.04 bits per heavy atom. The highest BCUT2D eigenvalue weighted by molar-refractivity contribution is 5.92. The van der Waals surface area contributed by atoms with Crippen LogP contribution in [0, 0.1) is 5.41 Å². The molecule has 3 heterocycles. The van der Waals surface area contributed by atoms with Gasteiger partial charge in [0.2, 0.25) is 0 Å². The highest BCUT2D eigenvalue weighted by Crippen LogP contribution is 2.49. The van der Waals surface area contributed by atoms with Gasteiger partial charge in [-0.3, -0.25) is 4.79 Å². The van der Waals surface area contributed by atoms with Crippen LogP contribution in [0.25, 0.3) is 22.3 Å². The Bertz CT molecular complexity index is 1090. The fourth-order valence-electron chi connectivity index (χ4n) is 3.95. The molecule has 4 rings (SSSR count). The van der Waals surface area contributed by atoms with Crippen LogP contribution in [0.15, 0.2) is 35.1 Å². The summed E-state index contributed by atoms with van der Waals surface area (Å²) in [6.45, 7) is 3.81. The van der Waals surface area contributed by atoms with Crippen LogP contribution in [0.2, 0.25) is 0 Å². The predicted octanol–water partition coefficient (Wildman–Crippen LogP) is 4.45. The third-order valence-electron chi connectivity index (χ3n) is 5.20. The Hall–Kier alpha value is -2.83. The zero-order valence-electron chi connectivity index (χ0n) is 15.2. The van der Waals surface area contributed by atoms with E-state index in [4.69, 9.17) is 0 Å². The van der Waals surface area contributed by atoms with Crippen LogP contribution < -0.4 is 10.3 Å². The molecule has 5 nitrogen and oxygen atoms in total. The van der Waals surface area contributed by atoms with Gasteiger partial charge in [0.15, 0.2) is 0 Å². The number of hydrogen-bond acceptors (Lipinski definition) is 3. The molecular formula is C20H20F2N2O3. The summed E-state index contributed by atoms with van der Waals surface area (Å²) in [4.78, 5) is 14.8. The van der Waals surface area contributed by atoms with E-state index in [1.54, 1.807) is 12.1 Å². The van der Waals surface area contributed by atoms with Gasteiger partial charge in [0.05, 0.1) is 16.9 Å². The van der Waals surface area contributed by atoms with E-state index < -0.39 is 12.2 Å². The molecule has 1 aromatic carbocycles. The van der Waals surface area contributed by atoms with Gasteiger partial charge >= 0.3 is 6.61 Å². The Morgan fingerprint density at radius 3 is 2.70 bits per heavy atom. The standard InChI is InChI=1S/C20H20F2N2O3/c1-20(2,3)11-9-24-12-5-4-6-15(27-19(21)22)10(12)7-13(24)18-17(11)14(25)8-16(26)23-18/h4-8,11,19H,9H2,1-3H3,(H2,23,25,26). The fourth-order valence-corrected chi connectivity index (χ4v) is 3.95. The summed E-state index contributed by atoms with van der Waals surface area (Å²) in [5, 5.41) is 11.0. The van der Waals surface area contributed by atoms with E-state index in [2.05, 4.69) is 30.5 Å². The lowest BCUT2D eigenvalue weighted by molar-refractivity contribution is -0.0487. The van der Waals surface area contributed by atoms with Crippen molar-refractivity contribution in [3.05, 3.63) is 46.2 Å². The molecule has 0 bridgehead atoms. The molecule has 142 valence electrons. The molecule has 0 aliphatic carbocycles. The molecule has 1 atom stereocenters. The molecule has 0 radical (unpaired) electrons. The first kappa shape index (κ1) is 17.6. The van der Waals surface area contributed by atoms with Crippen molar-refractivity contribution in [1.82, 2.24) is 9.55 Å². The lowest BCUT2D eigenvalue weighted by Gasteiger charge is -2.37. The lowest BCUT2D eigenvalue weighted by Crippen LogP contribution is -2.29. The zero-order chi connectivity index (χ0) is 19.5. The van der Waals surface area contributed by atoms with Gasteiger partial charge in [0.25, 0.3) is 5.56 Å². The van der Waals surface area contributed by atoms with E-state index in [0.717, 1.165) is 5.52 Å². The molecule has 7 heteroatoms. The molecule has 0 saturated carbocycles. The average molecular weight is 374 g/mol. The van der Waals surface area contributed by atoms with E-state index in [1.165, 1.54) is 12.1 Å². The molecule has 1 aliphatic heterocycles. The molecule has 2 aromatic heterocycles. The minimum absolute atomic E-state index is 0.0470. The van der Waals surface area contributed by atoms with Crippen LogP contribution in [0.3, 0.4) is 0 Å². The normalized spacial score (nSPS) is 16.4. The second kappa shape index (κ2) is 5.84. The first-order valence-corrected chi connectivity index (χ1v) is 8.70. The fraction of sp³-hybridized carbons (Fsp3) is 0.350. The van der Waals surface area contributed by atoms with Gasteiger partial charge in [-0.2, -0.15) is 8.78 Å². The Morgan fingerprint density at radius 1 is 1.30 bits per heavy atom. The number of H-pyrrole nitrogens is 1. The first-order chi connectivity index (χ1) is 12.7. The van der Waals surface area contributed by atoms with Crippen molar-refractivity contribution in [1.29, 1.82) is 0 Å². The molecule has 2 N–H and O–H groups in total. The van der Waals surface area contributed by atoms with Gasteiger partial charge in [0, 0.05) is 29.5 Å². The third kappa shape index (κ3) is 2.78. The van der Waals surface area contributed by atoms with Crippen molar-refractivity contribution < 1.29 is 18.6 Å². The number of aromatic nitrogens is 2. The molecule has 0 amide bonds. The van der Waals surface area contributed by atoms with Crippen LogP contribution in [0.4, 0.5) is 8.78 Å². The maximum atomic E-state index is 12.8. The highest BCUT2D eigenvalue weighted by Gasteiger charge is 2.37. The molecule has 1 unspecified atom stereocenters. The third-order valence-corrected chi connectivity index (χ3v) is 5.20. The molecule has 0 fully saturated rings. The van der Waals surface area contributed by atoms with Crippen LogP contribution >= 0.6 is 0 Å². The lowest BCUT2D eigenvalue weighted by atomic mass is 9.74. The van der Waals surface area contributed by atoms with E-state index in [0.29, 0.717) is 28.9 Å². The van der Waals surface area contributed by atoms with E-state index in [9.17, 15) is 18.7 Å². The van der Waals surface area contributed by atoms with Crippen LogP contribution in [-0.2, 0) is 6.54 Å². The van der Waals surface area contributed by atoms with Gasteiger partial charge in [-0.1, -0.05) is 26.8 Å². The summed E-state index contributed by atoms with van der Waals surface area (Å²) in [5.74, 6) is -0.0397. The van der Waals surface area contributed by atoms with Gasteiger partial charge in [-0.15, -0.1) is 0 Å². The molecule has 0 spiro atoms. The van der Waals surface area contributed by atoms with Crippen molar-refractivity contribution in [2.45, 2.75) is 39.8 Å². The van der Waals surface area contributed by atoms with E-state index >= 15 is 0 Å². The number of rotatable bonds is 2. The second-order valence-electron chi connectivity index (χ2n) is 7.93. The quantitative estimate of drug-likeness (QED) is 0.697. The van der Waals surface area contributed by atoms with Crippen molar-refractivity contribution in [3.8, 4) is 22.9 Å². The predicted molar refractivity (Wildman–Crippen MR) is 98.5 cm³/mol. The molecule has 1 aliphatic rings. The Labute approximate surface area is 154 Å². The number of nitrogens with one attached hydrogen (secondary N) is 1. The van der Waals surface area contributed by atoms with Gasteiger partial charge in [-0.05, 0) is 23.6 Å². The summed E-state index contributed by atoms with van der Waals surface area (Å²) < 4.78 is 32.2. The van der Waals surface area contributed by atoms with Crippen molar-refractivity contribution in [3.63, 3.8) is 0 Å². The van der Waals surface area contributed by atoms with Crippen molar-refractivity contribution in [2.75, 3.05) is 0 Å². The highest BCUT2D eigenvalue weighted by atomic mass is 19.3. The van der Waals surface area contributed by atoms with Crippen LogP contribution in [0.5, 0.6) is 11.5 Å². The smallest absolute Gasteiger partial charge is 0.387 e. The molecule has 3 aromatic rings. The van der Waals surface area contributed by atoms with Crippen LogP contribution in [-0.4, -0.2) is 21.3 Å². The van der Waals surface area contributed by atoms with Gasteiger partial charge < -0.3 is 19.4 Å². The van der Waals surface area contributed by atoms with E-state index in [-0.39, 0.29) is 22.8 Å². The number of pyridine rings is 1.